The van der Waals surface area contributed by atoms with Gasteiger partial charge in [-0.05, 0) is 49.5 Å². The van der Waals surface area contributed by atoms with Gasteiger partial charge in [-0.15, -0.1) is 0 Å². The summed E-state index contributed by atoms with van der Waals surface area (Å²) in [5.74, 6) is 1.25. The lowest BCUT2D eigenvalue weighted by Gasteiger charge is -2.40. The van der Waals surface area contributed by atoms with E-state index in [1.807, 2.05) is 12.1 Å². The summed E-state index contributed by atoms with van der Waals surface area (Å²) < 4.78 is 0. The van der Waals surface area contributed by atoms with Crippen LogP contribution < -0.4 is 5.32 Å². The van der Waals surface area contributed by atoms with Gasteiger partial charge in [0.15, 0.2) is 0 Å². The van der Waals surface area contributed by atoms with Crippen LogP contribution in [0.4, 0.5) is 0 Å². The maximum atomic E-state index is 9.86. The molecule has 0 aromatic heterocycles. The minimum Gasteiger partial charge on any atom is -0.508 e. The Labute approximate surface area is 134 Å². The van der Waals surface area contributed by atoms with Gasteiger partial charge in [-0.1, -0.05) is 19.1 Å². The van der Waals surface area contributed by atoms with Gasteiger partial charge in [0, 0.05) is 38.8 Å². The Balaban J connectivity index is 1.73. The number of piperazine rings is 1. The summed E-state index contributed by atoms with van der Waals surface area (Å²) in [4.78, 5) is 5.18. The minimum atomic E-state index is 0.380. The molecule has 0 radical (unpaired) electrons. The third-order valence-corrected chi connectivity index (χ3v) is 5.15. The summed E-state index contributed by atoms with van der Waals surface area (Å²) in [7, 11) is 0. The van der Waals surface area contributed by atoms with Crippen molar-refractivity contribution in [3.63, 3.8) is 0 Å². The number of hydrogen-bond donors (Lipinski definition) is 2. The fraction of sp³-hybridized carbons (Fsp3) is 0.667. The highest BCUT2D eigenvalue weighted by Crippen LogP contribution is 2.27. The van der Waals surface area contributed by atoms with Gasteiger partial charge in [0.2, 0.25) is 0 Å². The first-order chi connectivity index (χ1) is 10.7. The van der Waals surface area contributed by atoms with Crippen LogP contribution in [0.5, 0.6) is 5.75 Å². The van der Waals surface area contributed by atoms with Crippen LogP contribution >= 0.6 is 0 Å². The Bertz CT molecular complexity index is 465. The highest BCUT2D eigenvalue weighted by Gasteiger charge is 2.26. The van der Waals surface area contributed by atoms with E-state index in [1.54, 1.807) is 6.07 Å². The lowest BCUT2D eigenvalue weighted by atomic mass is 9.97. The SMILES string of the molecule is CC1CCN(CC(c2cccc(O)c2)N2CCNCC2)CC1. The molecule has 2 N–H and O–H groups in total. The van der Waals surface area contributed by atoms with Crippen molar-refractivity contribution >= 4 is 0 Å². The summed E-state index contributed by atoms with van der Waals surface area (Å²) in [6.45, 7) is 10.2. The van der Waals surface area contributed by atoms with Gasteiger partial charge in [-0.3, -0.25) is 4.90 Å². The molecule has 4 heteroatoms. The monoisotopic (exact) mass is 303 g/mol. The molecule has 3 rings (SSSR count). The number of aromatic hydroxyl groups is 1. The standard InChI is InChI=1S/C18H29N3O/c1-15-5-9-20(10-6-15)14-18(21-11-7-19-8-12-21)16-3-2-4-17(22)13-16/h2-4,13,15,18-19,22H,5-12,14H2,1H3. The molecule has 2 fully saturated rings. The molecule has 2 saturated heterocycles. The van der Waals surface area contributed by atoms with Crippen LogP contribution in [-0.2, 0) is 0 Å². The second-order valence-corrected chi connectivity index (χ2v) is 6.88. The molecule has 0 spiro atoms. The molecular formula is C18H29N3O. The zero-order valence-corrected chi connectivity index (χ0v) is 13.7. The number of nitrogens with zero attached hydrogens (tertiary/aromatic N) is 2. The first kappa shape index (κ1) is 15.8. The van der Waals surface area contributed by atoms with Crippen LogP contribution in [0.2, 0.25) is 0 Å². The van der Waals surface area contributed by atoms with Crippen molar-refractivity contribution in [3.05, 3.63) is 29.8 Å². The summed E-state index contributed by atoms with van der Waals surface area (Å²) in [6.07, 6.45) is 2.63. The molecule has 0 amide bonds. The molecule has 122 valence electrons. The average Bonchev–Trinajstić information content (AvgIpc) is 2.55. The maximum Gasteiger partial charge on any atom is 0.115 e. The van der Waals surface area contributed by atoms with Gasteiger partial charge in [-0.25, -0.2) is 0 Å². The minimum absolute atomic E-state index is 0.380. The number of piperidine rings is 1. The predicted octanol–water partition coefficient (Wildman–Crippen LogP) is 2.07. The van der Waals surface area contributed by atoms with Crippen LogP contribution in [0, 0.1) is 5.92 Å². The fourth-order valence-corrected chi connectivity index (χ4v) is 3.65. The second-order valence-electron chi connectivity index (χ2n) is 6.88. The summed E-state index contributed by atoms with van der Waals surface area (Å²) >= 11 is 0. The van der Waals surface area contributed by atoms with Crippen molar-refractivity contribution in [1.82, 2.24) is 15.1 Å². The zero-order chi connectivity index (χ0) is 15.4. The topological polar surface area (TPSA) is 38.7 Å². The summed E-state index contributed by atoms with van der Waals surface area (Å²) in [5.41, 5.74) is 1.25. The van der Waals surface area contributed by atoms with Gasteiger partial charge in [0.1, 0.15) is 5.75 Å². The van der Waals surface area contributed by atoms with Crippen LogP contribution in [-0.4, -0.2) is 60.7 Å². The van der Waals surface area contributed by atoms with E-state index >= 15 is 0 Å². The molecule has 0 bridgehead atoms. The predicted molar refractivity (Wildman–Crippen MR) is 90.1 cm³/mol. The molecule has 2 aliphatic heterocycles. The first-order valence-corrected chi connectivity index (χ1v) is 8.68. The van der Waals surface area contributed by atoms with Gasteiger partial charge >= 0.3 is 0 Å². The molecule has 2 aliphatic rings. The Morgan fingerprint density at radius 1 is 1.18 bits per heavy atom. The Kier molecular flexibility index (Phi) is 5.34. The Morgan fingerprint density at radius 3 is 2.59 bits per heavy atom. The van der Waals surface area contributed by atoms with E-state index in [4.69, 9.17) is 0 Å². The number of nitrogens with one attached hydrogen (secondary N) is 1. The normalized spacial score (nSPS) is 23.5. The largest absolute Gasteiger partial charge is 0.508 e. The third-order valence-electron chi connectivity index (χ3n) is 5.15. The molecule has 2 heterocycles. The van der Waals surface area contributed by atoms with E-state index in [-0.39, 0.29) is 0 Å². The van der Waals surface area contributed by atoms with Gasteiger partial charge < -0.3 is 15.3 Å². The lowest BCUT2D eigenvalue weighted by molar-refractivity contribution is 0.104. The lowest BCUT2D eigenvalue weighted by Crippen LogP contribution is -2.48. The summed E-state index contributed by atoms with van der Waals surface area (Å²) in [5, 5.41) is 13.3. The molecule has 0 aliphatic carbocycles. The number of rotatable bonds is 4. The number of hydrogen-bond acceptors (Lipinski definition) is 4. The summed E-state index contributed by atoms with van der Waals surface area (Å²) in [6, 6.07) is 8.24. The van der Waals surface area contributed by atoms with Crippen LogP contribution in [0.3, 0.4) is 0 Å². The van der Waals surface area contributed by atoms with Crippen LogP contribution in [0.25, 0.3) is 0 Å². The molecule has 0 saturated carbocycles. The molecule has 1 unspecified atom stereocenters. The van der Waals surface area contributed by atoms with E-state index in [2.05, 4.69) is 28.1 Å². The maximum absolute atomic E-state index is 9.86. The van der Waals surface area contributed by atoms with E-state index in [0.29, 0.717) is 11.8 Å². The highest BCUT2D eigenvalue weighted by molar-refractivity contribution is 5.29. The van der Waals surface area contributed by atoms with Crippen molar-refractivity contribution in [2.24, 2.45) is 5.92 Å². The van der Waals surface area contributed by atoms with E-state index in [0.717, 1.165) is 38.6 Å². The van der Waals surface area contributed by atoms with Crippen molar-refractivity contribution in [1.29, 1.82) is 0 Å². The number of likely N-dealkylation sites (tertiary alicyclic amines) is 1. The number of phenolic OH excluding ortho intramolecular Hbond substituents is 1. The van der Waals surface area contributed by atoms with Crippen LogP contribution in [0.1, 0.15) is 31.4 Å². The van der Waals surface area contributed by atoms with E-state index in [1.165, 1.54) is 31.5 Å². The average molecular weight is 303 g/mol. The van der Waals surface area contributed by atoms with Gasteiger partial charge in [0.25, 0.3) is 0 Å². The Morgan fingerprint density at radius 2 is 1.91 bits per heavy atom. The quantitative estimate of drug-likeness (QED) is 0.893. The van der Waals surface area contributed by atoms with E-state index in [9.17, 15) is 5.11 Å². The van der Waals surface area contributed by atoms with Crippen molar-refractivity contribution in [2.45, 2.75) is 25.8 Å². The van der Waals surface area contributed by atoms with Crippen molar-refractivity contribution < 1.29 is 5.11 Å². The molecule has 1 aromatic rings. The van der Waals surface area contributed by atoms with Gasteiger partial charge in [0.05, 0.1) is 0 Å². The van der Waals surface area contributed by atoms with E-state index < -0.39 is 0 Å². The molecule has 1 atom stereocenters. The number of phenols is 1. The fourth-order valence-electron chi connectivity index (χ4n) is 3.65. The molecular weight excluding hydrogens is 274 g/mol. The molecule has 1 aromatic carbocycles. The molecule has 4 nitrogen and oxygen atoms in total. The van der Waals surface area contributed by atoms with Crippen molar-refractivity contribution in [3.8, 4) is 5.75 Å². The zero-order valence-electron chi connectivity index (χ0n) is 13.7. The second kappa shape index (κ2) is 7.44. The van der Waals surface area contributed by atoms with Crippen molar-refractivity contribution in [2.75, 3.05) is 45.8 Å². The first-order valence-electron chi connectivity index (χ1n) is 8.68. The molecule has 22 heavy (non-hydrogen) atoms. The Hall–Kier alpha value is -1.10. The van der Waals surface area contributed by atoms with Gasteiger partial charge in [-0.2, -0.15) is 0 Å². The highest BCUT2D eigenvalue weighted by atomic mass is 16.3. The third kappa shape index (κ3) is 4.00. The number of benzene rings is 1. The smallest absolute Gasteiger partial charge is 0.115 e. The van der Waals surface area contributed by atoms with Crippen LogP contribution in [0.15, 0.2) is 24.3 Å².